The molecule has 1 aliphatic rings. The minimum Gasteiger partial charge on any atom is -0.494 e. The molecule has 6 heteroatoms. The molecule has 0 amide bonds. The second kappa shape index (κ2) is 5.28. The summed E-state index contributed by atoms with van der Waals surface area (Å²) in [6.45, 7) is 2.30. The molecule has 0 aliphatic carbocycles. The Balaban J connectivity index is 1.98. The molecule has 20 heavy (non-hydrogen) atoms. The number of hydrogen-bond acceptors (Lipinski definition) is 4. The summed E-state index contributed by atoms with van der Waals surface area (Å²) in [5.74, 6) is 0.599. The molecule has 2 heterocycles. The van der Waals surface area contributed by atoms with Gasteiger partial charge in [0.15, 0.2) is 11.6 Å². The molecule has 1 aromatic heterocycles. The molecule has 2 aromatic rings. The molecule has 0 spiro atoms. The Morgan fingerprint density at radius 2 is 2.40 bits per heavy atom. The molecule has 5 nitrogen and oxygen atoms in total. The summed E-state index contributed by atoms with van der Waals surface area (Å²) in [7, 11) is 1.45. The average molecular weight is 279 g/mol. The third-order valence-electron chi connectivity index (χ3n) is 3.75. The Kier molecular flexibility index (Phi) is 3.48. The van der Waals surface area contributed by atoms with Crippen LogP contribution in [-0.2, 0) is 11.3 Å². The van der Waals surface area contributed by atoms with Crippen molar-refractivity contribution in [2.24, 2.45) is 5.92 Å². The fraction of sp³-hybridized carbons (Fsp3) is 0.500. The van der Waals surface area contributed by atoms with Gasteiger partial charge in [-0.2, -0.15) is 0 Å². The highest BCUT2D eigenvalue weighted by atomic mass is 19.1. The lowest BCUT2D eigenvalue weighted by Gasteiger charge is -2.23. The highest BCUT2D eigenvalue weighted by Crippen LogP contribution is 2.28. The van der Waals surface area contributed by atoms with Gasteiger partial charge in [-0.1, -0.05) is 0 Å². The number of benzene rings is 1. The Labute approximate surface area is 116 Å². The molecule has 0 saturated carbocycles. The number of nitrogens with zero attached hydrogens (tertiary/aromatic N) is 2. The van der Waals surface area contributed by atoms with Crippen LogP contribution in [0, 0.1) is 11.7 Å². The second-order valence-electron chi connectivity index (χ2n) is 5.14. The van der Waals surface area contributed by atoms with Gasteiger partial charge in [-0.25, -0.2) is 9.37 Å². The molecule has 1 atom stereocenters. The molecule has 108 valence electrons. The maximum Gasteiger partial charge on any atom is 0.201 e. The first-order chi connectivity index (χ1) is 9.69. The monoisotopic (exact) mass is 279 g/mol. The van der Waals surface area contributed by atoms with Gasteiger partial charge in [-0.3, -0.25) is 0 Å². The molecule has 2 N–H and O–H groups in total. The van der Waals surface area contributed by atoms with Gasteiger partial charge in [0, 0.05) is 31.2 Å². The number of halogens is 1. The smallest absolute Gasteiger partial charge is 0.201 e. The van der Waals surface area contributed by atoms with Crippen LogP contribution in [0.5, 0.6) is 5.75 Å². The number of anilines is 1. The van der Waals surface area contributed by atoms with Gasteiger partial charge < -0.3 is 19.8 Å². The standard InChI is InChI=1S/C14H18FN3O2/c1-19-13-6-12-11(5-10(13)15)17-14(16)18(12)7-9-3-2-4-20-8-9/h5-6,9H,2-4,7-8H2,1H3,(H2,16,17). The normalized spacial score (nSPS) is 19.4. The summed E-state index contributed by atoms with van der Waals surface area (Å²) in [6, 6.07) is 3.01. The zero-order chi connectivity index (χ0) is 14.1. The molecule has 3 rings (SSSR count). The Morgan fingerprint density at radius 3 is 3.10 bits per heavy atom. The van der Waals surface area contributed by atoms with Crippen LogP contribution in [-0.4, -0.2) is 29.9 Å². The molecule has 1 unspecified atom stereocenters. The third kappa shape index (κ3) is 2.31. The number of rotatable bonds is 3. The zero-order valence-electron chi connectivity index (χ0n) is 11.4. The molecule has 1 aromatic carbocycles. The number of methoxy groups -OCH3 is 1. The van der Waals surface area contributed by atoms with Gasteiger partial charge in [-0.15, -0.1) is 0 Å². The highest BCUT2D eigenvalue weighted by Gasteiger charge is 2.19. The molecular formula is C14H18FN3O2. The van der Waals surface area contributed by atoms with Gasteiger partial charge in [-0.05, 0) is 12.8 Å². The van der Waals surface area contributed by atoms with Crippen LogP contribution in [0.1, 0.15) is 12.8 Å². The van der Waals surface area contributed by atoms with Gasteiger partial charge in [0.25, 0.3) is 0 Å². The van der Waals surface area contributed by atoms with E-state index in [1.807, 2.05) is 4.57 Å². The SMILES string of the molecule is COc1cc2c(cc1F)nc(N)n2CC1CCCOC1. The quantitative estimate of drug-likeness (QED) is 0.935. The van der Waals surface area contributed by atoms with Crippen LogP contribution in [0.4, 0.5) is 10.3 Å². The third-order valence-corrected chi connectivity index (χ3v) is 3.75. The number of nitrogen functional groups attached to an aromatic ring is 1. The fourth-order valence-corrected chi connectivity index (χ4v) is 2.70. The number of imidazole rings is 1. The molecule has 1 fully saturated rings. The van der Waals surface area contributed by atoms with E-state index in [-0.39, 0.29) is 5.75 Å². The lowest BCUT2D eigenvalue weighted by Crippen LogP contribution is -2.22. The van der Waals surface area contributed by atoms with E-state index in [2.05, 4.69) is 4.98 Å². The number of fused-ring (bicyclic) bond motifs is 1. The minimum atomic E-state index is -0.425. The topological polar surface area (TPSA) is 62.3 Å². The van der Waals surface area contributed by atoms with Crippen LogP contribution >= 0.6 is 0 Å². The summed E-state index contributed by atoms with van der Waals surface area (Å²) in [4.78, 5) is 4.22. The van der Waals surface area contributed by atoms with Crippen LogP contribution < -0.4 is 10.5 Å². The average Bonchev–Trinajstić information content (AvgIpc) is 2.74. The van der Waals surface area contributed by atoms with Gasteiger partial charge in [0.05, 0.1) is 24.8 Å². The fourth-order valence-electron chi connectivity index (χ4n) is 2.70. The molecular weight excluding hydrogens is 261 g/mol. The van der Waals surface area contributed by atoms with E-state index in [1.165, 1.54) is 13.2 Å². The van der Waals surface area contributed by atoms with E-state index in [9.17, 15) is 4.39 Å². The molecule has 1 saturated heterocycles. The summed E-state index contributed by atoms with van der Waals surface area (Å²) < 4.78 is 26.1. The van der Waals surface area contributed by atoms with E-state index < -0.39 is 5.82 Å². The van der Waals surface area contributed by atoms with Gasteiger partial charge in [0.2, 0.25) is 5.95 Å². The first-order valence-corrected chi connectivity index (χ1v) is 6.76. The van der Waals surface area contributed by atoms with Gasteiger partial charge in [0.1, 0.15) is 0 Å². The van der Waals surface area contributed by atoms with E-state index >= 15 is 0 Å². The summed E-state index contributed by atoms with van der Waals surface area (Å²) in [5.41, 5.74) is 7.31. The number of ether oxygens (including phenoxy) is 2. The maximum absolute atomic E-state index is 13.7. The Morgan fingerprint density at radius 1 is 1.55 bits per heavy atom. The summed E-state index contributed by atoms with van der Waals surface area (Å²) >= 11 is 0. The van der Waals surface area contributed by atoms with Crippen molar-refractivity contribution < 1.29 is 13.9 Å². The molecule has 1 aliphatic heterocycles. The van der Waals surface area contributed by atoms with E-state index in [0.717, 1.165) is 38.1 Å². The predicted molar refractivity (Wildman–Crippen MR) is 74.2 cm³/mol. The first kappa shape index (κ1) is 13.2. The minimum absolute atomic E-state index is 0.207. The van der Waals surface area contributed by atoms with Crippen molar-refractivity contribution in [2.45, 2.75) is 19.4 Å². The zero-order valence-corrected chi connectivity index (χ0v) is 11.4. The predicted octanol–water partition coefficient (Wildman–Crippen LogP) is 2.19. The van der Waals surface area contributed by atoms with Crippen molar-refractivity contribution in [1.29, 1.82) is 0 Å². The van der Waals surface area contributed by atoms with Crippen LogP contribution in [0.15, 0.2) is 12.1 Å². The van der Waals surface area contributed by atoms with Crippen molar-refractivity contribution in [3.63, 3.8) is 0 Å². The number of aromatic nitrogens is 2. The van der Waals surface area contributed by atoms with Crippen molar-refractivity contribution >= 4 is 17.0 Å². The molecule has 0 radical (unpaired) electrons. The lowest BCUT2D eigenvalue weighted by molar-refractivity contribution is 0.0490. The van der Waals surface area contributed by atoms with E-state index in [1.54, 1.807) is 6.07 Å². The van der Waals surface area contributed by atoms with E-state index in [0.29, 0.717) is 17.4 Å². The number of hydrogen-bond donors (Lipinski definition) is 1. The van der Waals surface area contributed by atoms with Crippen LogP contribution in [0.2, 0.25) is 0 Å². The Hall–Kier alpha value is -1.82. The van der Waals surface area contributed by atoms with Crippen LogP contribution in [0.25, 0.3) is 11.0 Å². The first-order valence-electron chi connectivity index (χ1n) is 6.76. The van der Waals surface area contributed by atoms with Crippen LogP contribution in [0.3, 0.4) is 0 Å². The van der Waals surface area contributed by atoms with Crippen molar-refractivity contribution in [3.05, 3.63) is 17.9 Å². The van der Waals surface area contributed by atoms with Crippen molar-refractivity contribution in [3.8, 4) is 5.75 Å². The largest absolute Gasteiger partial charge is 0.494 e. The molecule has 0 bridgehead atoms. The summed E-state index contributed by atoms with van der Waals surface area (Å²) in [5, 5.41) is 0. The number of nitrogens with two attached hydrogens (primary N) is 1. The van der Waals surface area contributed by atoms with Crippen molar-refractivity contribution in [2.75, 3.05) is 26.1 Å². The Bertz CT molecular complexity index is 620. The lowest BCUT2D eigenvalue weighted by atomic mass is 10.0. The summed E-state index contributed by atoms with van der Waals surface area (Å²) in [6.07, 6.45) is 2.17. The second-order valence-corrected chi connectivity index (χ2v) is 5.14. The highest BCUT2D eigenvalue weighted by molar-refractivity contribution is 5.80. The maximum atomic E-state index is 13.7. The van der Waals surface area contributed by atoms with E-state index in [4.69, 9.17) is 15.2 Å². The van der Waals surface area contributed by atoms with Gasteiger partial charge >= 0.3 is 0 Å². The van der Waals surface area contributed by atoms with Crippen molar-refractivity contribution in [1.82, 2.24) is 9.55 Å².